The fraction of sp³-hybridized carbons (Fsp3) is 0.360. The number of halogens is 3. The standard InChI is InChI=1S/C25H25F3N6O4S/c1-15-3-4-16(2)20(13-15)39(36,37)33-11-9-18(10-12-33)22-29-23-21(24(35)30-22)31-32-34(23)14-17-5-7-19(8-6-17)38-25(26,27)28/h3-8,13,18H,9-12,14H2,1-2H3,(H,29,30,35). The van der Waals surface area contributed by atoms with E-state index in [1.165, 1.54) is 33.3 Å². The first kappa shape index (κ1) is 26.8. The van der Waals surface area contributed by atoms with Gasteiger partial charge in [-0.15, -0.1) is 18.3 Å². The summed E-state index contributed by atoms with van der Waals surface area (Å²) in [5.41, 5.74) is 1.94. The van der Waals surface area contributed by atoms with E-state index in [1.807, 2.05) is 13.0 Å². The first-order chi connectivity index (χ1) is 18.4. The zero-order chi connectivity index (χ0) is 27.9. The zero-order valence-electron chi connectivity index (χ0n) is 21.1. The van der Waals surface area contributed by atoms with Gasteiger partial charge in [0.25, 0.3) is 5.56 Å². The number of hydrogen-bond donors (Lipinski definition) is 1. The van der Waals surface area contributed by atoms with Gasteiger partial charge in [0.1, 0.15) is 11.6 Å². The predicted molar refractivity (Wildman–Crippen MR) is 135 cm³/mol. The third-order valence-corrected chi connectivity index (χ3v) is 8.72. The minimum absolute atomic E-state index is 0.0331. The van der Waals surface area contributed by atoms with Crippen molar-refractivity contribution < 1.29 is 26.3 Å². The van der Waals surface area contributed by atoms with E-state index in [0.717, 1.165) is 5.56 Å². The molecule has 1 aliphatic rings. The highest BCUT2D eigenvalue weighted by molar-refractivity contribution is 7.89. The first-order valence-electron chi connectivity index (χ1n) is 12.2. The molecule has 1 N–H and O–H groups in total. The number of H-pyrrole nitrogens is 1. The van der Waals surface area contributed by atoms with Crippen molar-refractivity contribution >= 4 is 21.2 Å². The van der Waals surface area contributed by atoms with Crippen LogP contribution < -0.4 is 10.3 Å². The molecule has 0 spiro atoms. The molecule has 4 aromatic rings. The Morgan fingerprint density at radius 3 is 2.44 bits per heavy atom. The molecule has 39 heavy (non-hydrogen) atoms. The Labute approximate surface area is 221 Å². The van der Waals surface area contributed by atoms with Crippen LogP contribution in [0.1, 0.15) is 41.3 Å². The highest BCUT2D eigenvalue weighted by atomic mass is 32.2. The third kappa shape index (κ3) is 5.66. The van der Waals surface area contributed by atoms with Gasteiger partial charge in [-0.2, -0.15) is 4.31 Å². The summed E-state index contributed by atoms with van der Waals surface area (Å²) >= 11 is 0. The molecule has 3 heterocycles. The number of aromatic amines is 1. The van der Waals surface area contributed by atoms with Gasteiger partial charge in [0.15, 0.2) is 11.2 Å². The number of benzene rings is 2. The van der Waals surface area contributed by atoms with E-state index in [4.69, 9.17) is 0 Å². The van der Waals surface area contributed by atoms with Crippen LogP contribution in [0, 0.1) is 13.8 Å². The number of fused-ring (bicyclic) bond motifs is 1. The van der Waals surface area contributed by atoms with E-state index in [2.05, 4.69) is 25.0 Å². The van der Waals surface area contributed by atoms with Crippen molar-refractivity contribution in [1.82, 2.24) is 29.3 Å². The van der Waals surface area contributed by atoms with Crippen LogP contribution >= 0.6 is 0 Å². The number of piperidine rings is 1. The quantitative estimate of drug-likeness (QED) is 0.381. The SMILES string of the molecule is Cc1ccc(C)c(S(=O)(=O)N2CCC(c3nc4c(nnn4Cc4ccc(OC(F)(F)F)cc4)c(=O)[nH]3)CC2)c1. The molecule has 2 aromatic heterocycles. The van der Waals surface area contributed by atoms with Crippen LogP contribution in [0.3, 0.4) is 0 Å². The van der Waals surface area contributed by atoms with Crippen LogP contribution in [0.15, 0.2) is 52.2 Å². The largest absolute Gasteiger partial charge is 0.573 e. The number of hydrogen-bond acceptors (Lipinski definition) is 7. The lowest BCUT2D eigenvalue weighted by atomic mass is 9.97. The summed E-state index contributed by atoms with van der Waals surface area (Å²) in [5, 5.41) is 7.90. The molecular formula is C25H25F3N6O4S. The fourth-order valence-corrected chi connectivity index (χ4v) is 6.43. The van der Waals surface area contributed by atoms with Gasteiger partial charge in [0, 0.05) is 19.0 Å². The molecule has 0 atom stereocenters. The smallest absolute Gasteiger partial charge is 0.406 e. The van der Waals surface area contributed by atoms with Gasteiger partial charge in [-0.05, 0) is 61.6 Å². The lowest BCUT2D eigenvalue weighted by molar-refractivity contribution is -0.274. The van der Waals surface area contributed by atoms with Gasteiger partial charge in [-0.25, -0.2) is 18.1 Å². The number of alkyl halides is 3. The van der Waals surface area contributed by atoms with Crippen molar-refractivity contribution in [3.63, 3.8) is 0 Å². The van der Waals surface area contributed by atoms with Crippen molar-refractivity contribution in [2.24, 2.45) is 0 Å². The molecule has 1 aliphatic heterocycles. The number of sulfonamides is 1. The molecule has 5 rings (SSSR count). The summed E-state index contributed by atoms with van der Waals surface area (Å²) in [6.45, 7) is 4.27. The van der Waals surface area contributed by atoms with Crippen molar-refractivity contribution in [3.8, 4) is 5.75 Å². The van der Waals surface area contributed by atoms with Crippen LogP contribution in [0.2, 0.25) is 0 Å². The van der Waals surface area contributed by atoms with Gasteiger partial charge in [0.2, 0.25) is 10.0 Å². The molecule has 1 saturated heterocycles. The molecule has 0 radical (unpaired) electrons. The van der Waals surface area contributed by atoms with Crippen molar-refractivity contribution in [3.05, 3.63) is 75.3 Å². The summed E-state index contributed by atoms with van der Waals surface area (Å²) in [4.78, 5) is 20.4. The van der Waals surface area contributed by atoms with Gasteiger partial charge in [0.05, 0.1) is 11.4 Å². The van der Waals surface area contributed by atoms with Crippen LogP contribution in [0.5, 0.6) is 5.75 Å². The summed E-state index contributed by atoms with van der Waals surface area (Å²) in [7, 11) is -3.66. The van der Waals surface area contributed by atoms with Crippen LogP contribution in [0.25, 0.3) is 11.2 Å². The minimum atomic E-state index is -4.79. The average Bonchev–Trinajstić information content (AvgIpc) is 3.29. The van der Waals surface area contributed by atoms with E-state index < -0.39 is 21.9 Å². The Bertz CT molecular complexity index is 1670. The van der Waals surface area contributed by atoms with Crippen molar-refractivity contribution in [2.75, 3.05) is 13.1 Å². The molecule has 0 aliphatic carbocycles. The van der Waals surface area contributed by atoms with E-state index in [1.54, 1.807) is 19.1 Å². The molecule has 0 unspecified atom stereocenters. The predicted octanol–water partition coefficient (Wildman–Crippen LogP) is 3.65. The van der Waals surface area contributed by atoms with Gasteiger partial charge in [-0.3, -0.25) is 4.79 Å². The Balaban J connectivity index is 1.33. The van der Waals surface area contributed by atoms with Crippen molar-refractivity contribution in [1.29, 1.82) is 0 Å². The molecule has 206 valence electrons. The van der Waals surface area contributed by atoms with E-state index in [-0.39, 0.29) is 42.5 Å². The van der Waals surface area contributed by atoms with Crippen molar-refractivity contribution in [2.45, 2.75) is 50.4 Å². The molecule has 14 heteroatoms. The number of nitrogens with one attached hydrogen (secondary N) is 1. The van der Waals surface area contributed by atoms with E-state index in [0.29, 0.717) is 34.7 Å². The minimum Gasteiger partial charge on any atom is -0.406 e. The fourth-order valence-electron chi connectivity index (χ4n) is 4.65. The van der Waals surface area contributed by atoms with Crippen LogP contribution in [-0.2, 0) is 16.6 Å². The number of nitrogens with zero attached hydrogens (tertiary/aromatic N) is 5. The molecule has 0 amide bonds. The Hall–Kier alpha value is -3.78. The maximum absolute atomic E-state index is 13.3. The van der Waals surface area contributed by atoms with Gasteiger partial charge in [-0.1, -0.05) is 29.5 Å². The second kappa shape index (κ2) is 10.1. The molecule has 0 saturated carbocycles. The highest BCUT2D eigenvalue weighted by Crippen LogP contribution is 2.30. The maximum atomic E-state index is 13.3. The maximum Gasteiger partial charge on any atom is 0.573 e. The summed E-state index contributed by atoms with van der Waals surface area (Å²) in [6, 6.07) is 10.6. The highest BCUT2D eigenvalue weighted by Gasteiger charge is 2.33. The second-order valence-electron chi connectivity index (χ2n) is 9.51. The zero-order valence-corrected chi connectivity index (χ0v) is 21.9. The van der Waals surface area contributed by atoms with E-state index in [9.17, 15) is 26.4 Å². The molecule has 2 aromatic carbocycles. The lowest BCUT2D eigenvalue weighted by Gasteiger charge is -2.31. The topological polar surface area (TPSA) is 123 Å². The summed E-state index contributed by atoms with van der Waals surface area (Å²) in [5.74, 6) is -0.125. The monoisotopic (exact) mass is 562 g/mol. The van der Waals surface area contributed by atoms with Gasteiger partial charge < -0.3 is 9.72 Å². The van der Waals surface area contributed by atoms with E-state index >= 15 is 0 Å². The molecule has 0 bridgehead atoms. The number of aryl methyl sites for hydroxylation is 2. The molecule has 1 fully saturated rings. The Morgan fingerprint density at radius 1 is 1.08 bits per heavy atom. The third-order valence-electron chi connectivity index (χ3n) is 6.68. The average molecular weight is 563 g/mol. The normalized spacial score (nSPS) is 15.6. The molecular weight excluding hydrogens is 537 g/mol. The lowest BCUT2D eigenvalue weighted by Crippen LogP contribution is -2.38. The molecule has 10 nitrogen and oxygen atoms in total. The van der Waals surface area contributed by atoms with Gasteiger partial charge >= 0.3 is 6.36 Å². The van der Waals surface area contributed by atoms with Crippen LogP contribution in [0.4, 0.5) is 13.2 Å². The first-order valence-corrected chi connectivity index (χ1v) is 13.6. The Morgan fingerprint density at radius 2 is 1.77 bits per heavy atom. The second-order valence-corrected chi connectivity index (χ2v) is 11.4. The number of rotatable bonds is 6. The summed E-state index contributed by atoms with van der Waals surface area (Å²) in [6.07, 6.45) is -3.87. The summed E-state index contributed by atoms with van der Waals surface area (Å²) < 4.78 is 70.6. The Kier molecular flexibility index (Phi) is 6.93. The van der Waals surface area contributed by atoms with Crippen LogP contribution in [-0.4, -0.2) is 57.1 Å². The number of aromatic nitrogens is 5. The number of ether oxygens (including phenoxy) is 1.